The minimum Gasteiger partial charge on any atom is -0.486 e. The Morgan fingerprint density at radius 3 is 2.66 bits per heavy atom. The Kier molecular flexibility index (Phi) is 7.82. The molecule has 0 radical (unpaired) electrons. The molecule has 8 heteroatoms. The largest absolute Gasteiger partial charge is 0.486 e. The molecule has 1 amide bonds. The molecule has 1 aliphatic heterocycles. The highest BCUT2D eigenvalue weighted by Gasteiger charge is 2.28. The number of nitrogens with zero attached hydrogens (tertiary/aromatic N) is 3. The summed E-state index contributed by atoms with van der Waals surface area (Å²) in [6.45, 7) is 1.96. The van der Waals surface area contributed by atoms with Crippen molar-refractivity contribution in [3.05, 3.63) is 83.3 Å². The van der Waals surface area contributed by atoms with E-state index >= 15 is 4.39 Å². The van der Waals surface area contributed by atoms with Crippen molar-refractivity contribution in [2.45, 2.75) is 19.1 Å². The van der Waals surface area contributed by atoms with Gasteiger partial charge < -0.3 is 24.6 Å². The molecular formula is C27H31FN4O3. The van der Waals surface area contributed by atoms with Gasteiger partial charge in [-0.2, -0.15) is 0 Å². The van der Waals surface area contributed by atoms with Gasteiger partial charge in [0.1, 0.15) is 23.4 Å². The van der Waals surface area contributed by atoms with Crippen LogP contribution >= 0.6 is 0 Å². The summed E-state index contributed by atoms with van der Waals surface area (Å²) in [6.07, 6.45) is 2.10. The summed E-state index contributed by atoms with van der Waals surface area (Å²) in [5.74, 6) is 0.278. The summed E-state index contributed by atoms with van der Waals surface area (Å²) in [6, 6.07) is 16.5. The molecule has 0 fully saturated rings. The van der Waals surface area contributed by atoms with Gasteiger partial charge in [-0.25, -0.2) is 9.37 Å². The van der Waals surface area contributed by atoms with Crippen LogP contribution in [0, 0.1) is 5.82 Å². The van der Waals surface area contributed by atoms with Crippen molar-refractivity contribution in [1.29, 1.82) is 0 Å². The van der Waals surface area contributed by atoms with Gasteiger partial charge >= 0.3 is 0 Å². The zero-order valence-corrected chi connectivity index (χ0v) is 20.3. The molecule has 1 unspecified atom stereocenters. The van der Waals surface area contributed by atoms with Gasteiger partial charge in [0, 0.05) is 50.9 Å². The molecule has 2 aromatic carbocycles. The zero-order chi connectivity index (χ0) is 24.8. The predicted molar refractivity (Wildman–Crippen MR) is 134 cm³/mol. The Labute approximate surface area is 205 Å². The van der Waals surface area contributed by atoms with E-state index in [9.17, 15) is 4.79 Å². The maximum atomic E-state index is 15.2. The summed E-state index contributed by atoms with van der Waals surface area (Å²) in [5.41, 5.74) is 2.62. The third kappa shape index (κ3) is 5.54. The first kappa shape index (κ1) is 24.5. The second-order valence-electron chi connectivity index (χ2n) is 8.53. The zero-order valence-electron chi connectivity index (χ0n) is 20.3. The second kappa shape index (κ2) is 11.2. The molecule has 0 saturated heterocycles. The highest BCUT2D eigenvalue weighted by Crippen LogP contribution is 2.33. The minimum absolute atomic E-state index is 0.157. The van der Waals surface area contributed by atoms with Gasteiger partial charge in [-0.05, 0) is 31.3 Å². The van der Waals surface area contributed by atoms with Gasteiger partial charge in [0.2, 0.25) is 5.88 Å². The topological polar surface area (TPSA) is 66.9 Å². The number of benzene rings is 2. The van der Waals surface area contributed by atoms with Crippen LogP contribution in [-0.4, -0.2) is 56.6 Å². The van der Waals surface area contributed by atoms with E-state index in [1.54, 1.807) is 29.3 Å². The van der Waals surface area contributed by atoms with Crippen molar-refractivity contribution in [2.75, 3.05) is 45.7 Å². The van der Waals surface area contributed by atoms with Crippen LogP contribution in [0.25, 0.3) is 0 Å². The van der Waals surface area contributed by atoms with Crippen molar-refractivity contribution in [2.24, 2.45) is 0 Å². The molecule has 7 nitrogen and oxygen atoms in total. The fraction of sp³-hybridized carbons (Fsp3) is 0.333. The van der Waals surface area contributed by atoms with Crippen LogP contribution in [0.15, 0.2) is 60.8 Å². The van der Waals surface area contributed by atoms with Gasteiger partial charge in [-0.15, -0.1) is 0 Å². The van der Waals surface area contributed by atoms with Crippen molar-refractivity contribution in [1.82, 2.24) is 15.2 Å². The van der Waals surface area contributed by atoms with E-state index in [0.29, 0.717) is 41.5 Å². The molecule has 184 valence electrons. The maximum absolute atomic E-state index is 15.2. The lowest BCUT2D eigenvalue weighted by molar-refractivity contribution is 0.0753. The number of ether oxygens (including phenoxy) is 2. The lowest BCUT2D eigenvalue weighted by atomic mass is 10.1. The average Bonchev–Trinajstić information content (AvgIpc) is 3.00. The van der Waals surface area contributed by atoms with Gasteiger partial charge in [-0.1, -0.05) is 36.4 Å². The number of hydrogen-bond donors (Lipinski definition) is 1. The number of halogens is 1. The van der Waals surface area contributed by atoms with Gasteiger partial charge in [0.15, 0.2) is 0 Å². The standard InChI is InChI=1S/C27H31FN4O3/c1-29-13-12-24(19-7-5-4-6-8-19)35-21-10-9-20(23(28)17-21)18-32-16-15-31(2)25-22(27(32)33)11-14-30-26(25)34-3/h4-11,14,17,24,29H,12-13,15-16,18H2,1-3H3. The Morgan fingerprint density at radius 1 is 1.14 bits per heavy atom. The number of likely N-dealkylation sites (N-methyl/N-ethyl adjacent to an activating group) is 1. The Balaban J connectivity index is 1.52. The SMILES string of the molecule is CNCCC(Oc1ccc(CN2CCN(C)c3c(ccnc3OC)C2=O)c(F)c1)c1ccccc1. The molecule has 1 atom stereocenters. The Morgan fingerprint density at radius 2 is 1.94 bits per heavy atom. The number of carbonyl (C=O) groups excluding carboxylic acids is 1. The van der Waals surface area contributed by atoms with Crippen molar-refractivity contribution in [3.8, 4) is 11.6 Å². The van der Waals surface area contributed by atoms with E-state index in [1.165, 1.54) is 13.2 Å². The summed E-state index contributed by atoms with van der Waals surface area (Å²) >= 11 is 0. The van der Waals surface area contributed by atoms with Crippen molar-refractivity contribution in [3.63, 3.8) is 0 Å². The molecule has 3 aromatic rings. The second-order valence-corrected chi connectivity index (χ2v) is 8.53. The molecule has 2 heterocycles. The molecule has 0 aliphatic carbocycles. The van der Waals surface area contributed by atoms with Crippen molar-refractivity contribution < 1.29 is 18.7 Å². The molecular weight excluding hydrogens is 447 g/mol. The number of nitrogens with one attached hydrogen (secondary N) is 1. The monoisotopic (exact) mass is 478 g/mol. The third-order valence-corrected chi connectivity index (χ3v) is 6.18. The maximum Gasteiger partial charge on any atom is 0.256 e. The molecule has 4 rings (SSSR count). The number of aromatic nitrogens is 1. The van der Waals surface area contributed by atoms with Crippen LogP contribution in [0.3, 0.4) is 0 Å². The lowest BCUT2D eigenvalue weighted by Crippen LogP contribution is -2.33. The number of fused-ring (bicyclic) bond motifs is 1. The molecule has 1 aliphatic rings. The number of carbonyl (C=O) groups is 1. The van der Waals surface area contributed by atoms with E-state index < -0.39 is 5.82 Å². The number of pyridine rings is 1. The molecule has 1 aromatic heterocycles. The van der Waals surface area contributed by atoms with E-state index in [-0.39, 0.29) is 18.6 Å². The fourth-order valence-corrected chi connectivity index (χ4v) is 4.27. The predicted octanol–water partition coefficient (Wildman–Crippen LogP) is 4.05. The highest BCUT2D eigenvalue weighted by molar-refractivity contribution is 6.01. The van der Waals surface area contributed by atoms with Crippen LogP contribution in [0.4, 0.5) is 10.1 Å². The first-order valence-corrected chi connectivity index (χ1v) is 11.7. The molecule has 35 heavy (non-hydrogen) atoms. The molecule has 0 saturated carbocycles. The normalized spacial score (nSPS) is 14.3. The number of amides is 1. The summed E-state index contributed by atoms with van der Waals surface area (Å²) < 4.78 is 26.7. The third-order valence-electron chi connectivity index (χ3n) is 6.18. The first-order chi connectivity index (χ1) is 17.0. The van der Waals surface area contributed by atoms with Crippen LogP contribution < -0.4 is 19.7 Å². The lowest BCUT2D eigenvalue weighted by Gasteiger charge is -2.23. The average molecular weight is 479 g/mol. The Hall–Kier alpha value is -3.65. The van der Waals surface area contributed by atoms with Crippen LogP contribution in [0.5, 0.6) is 11.6 Å². The Bertz CT molecular complexity index is 1160. The fourth-order valence-electron chi connectivity index (χ4n) is 4.27. The number of methoxy groups -OCH3 is 1. The van der Waals surface area contributed by atoms with E-state index in [2.05, 4.69) is 10.3 Å². The van der Waals surface area contributed by atoms with E-state index in [0.717, 1.165) is 18.5 Å². The smallest absolute Gasteiger partial charge is 0.256 e. The summed E-state index contributed by atoms with van der Waals surface area (Å²) in [4.78, 5) is 21.1. The summed E-state index contributed by atoms with van der Waals surface area (Å²) in [5, 5.41) is 3.14. The molecule has 0 spiro atoms. The summed E-state index contributed by atoms with van der Waals surface area (Å²) in [7, 11) is 5.32. The first-order valence-electron chi connectivity index (χ1n) is 11.7. The van der Waals surface area contributed by atoms with Crippen LogP contribution in [-0.2, 0) is 6.54 Å². The van der Waals surface area contributed by atoms with Crippen LogP contribution in [0.2, 0.25) is 0 Å². The highest BCUT2D eigenvalue weighted by atomic mass is 19.1. The quantitative estimate of drug-likeness (QED) is 0.501. The number of hydrogen-bond acceptors (Lipinski definition) is 6. The molecule has 0 bridgehead atoms. The van der Waals surface area contributed by atoms with Crippen LogP contribution in [0.1, 0.15) is 34.0 Å². The van der Waals surface area contributed by atoms with E-state index in [4.69, 9.17) is 9.47 Å². The van der Waals surface area contributed by atoms with E-state index in [1.807, 2.05) is 49.3 Å². The van der Waals surface area contributed by atoms with Gasteiger partial charge in [0.25, 0.3) is 5.91 Å². The van der Waals surface area contributed by atoms with Gasteiger partial charge in [0.05, 0.1) is 12.7 Å². The minimum atomic E-state index is -0.402. The number of rotatable bonds is 9. The van der Waals surface area contributed by atoms with Crippen molar-refractivity contribution >= 4 is 11.6 Å². The molecule has 1 N–H and O–H groups in total. The van der Waals surface area contributed by atoms with Gasteiger partial charge in [-0.3, -0.25) is 4.79 Å². The number of anilines is 1.